The third kappa shape index (κ3) is 3.60. The van der Waals surface area contributed by atoms with Crippen molar-refractivity contribution < 1.29 is 14.1 Å². The third-order valence-corrected chi connectivity index (χ3v) is 10.3. The quantitative estimate of drug-likeness (QED) is 0.656. The van der Waals surface area contributed by atoms with Crippen molar-refractivity contribution in [1.82, 2.24) is 0 Å². The fourth-order valence-electron chi connectivity index (χ4n) is 7.71. The molecule has 5 rings (SSSR count). The minimum absolute atomic E-state index is 0.0112. The summed E-state index contributed by atoms with van der Waals surface area (Å²) in [5.74, 6) is 3.27. The van der Waals surface area contributed by atoms with Gasteiger partial charge in [0.2, 0.25) is 0 Å². The zero-order valence-electron chi connectivity index (χ0n) is 18.7. The summed E-state index contributed by atoms with van der Waals surface area (Å²) in [5, 5.41) is 10.8. The van der Waals surface area contributed by atoms with Crippen LogP contribution in [-0.2, 0) is 15.6 Å². The fraction of sp³-hybridized carbons (Fsp3) is 0.593. The Balaban J connectivity index is 1.43. The maximum absolute atomic E-state index is 13.1. The summed E-state index contributed by atoms with van der Waals surface area (Å²) in [6.45, 7) is 4.26. The first-order valence-electron chi connectivity index (χ1n) is 12.0. The molecule has 1 N–H and O–H groups in total. The van der Waals surface area contributed by atoms with Crippen molar-refractivity contribution in [2.24, 2.45) is 29.1 Å². The Hall–Kier alpha value is -1.52. The number of carbonyl (C=O) groups is 1. The molecule has 3 nitrogen and oxygen atoms in total. The summed E-state index contributed by atoms with van der Waals surface area (Å²) in [4.78, 5) is 12.8. The average Bonchev–Trinajstić information content (AvgIpc) is 3.05. The monoisotopic (exact) mass is 438 g/mol. The SMILES string of the molecule is CC(O)C1=C(CS(=O)c2ccccc2)C[C@H]2[C@@H]3CCC4=CC(=O)CC[C@@H]4[C@H]3CC[C@]12C. The molecule has 2 fully saturated rings. The highest BCUT2D eigenvalue weighted by Crippen LogP contribution is 2.64. The van der Waals surface area contributed by atoms with Crippen LogP contribution in [0.2, 0.25) is 0 Å². The number of hydrogen-bond acceptors (Lipinski definition) is 3. The molecule has 4 heteroatoms. The van der Waals surface area contributed by atoms with Crippen LogP contribution in [0.25, 0.3) is 0 Å². The molecule has 1 aromatic carbocycles. The van der Waals surface area contributed by atoms with Gasteiger partial charge in [0.1, 0.15) is 0 Å². The maximum Gasteiger partial charge on any atom is 0.155 e. The molecule has 7 atom stereocenters. The van der Waals surface area contributed by atoms with Crippen LogP contribution in [0.1, 0.15) is 58.8 Å². The summed E-state index contributed by atoms with van der Waals surface area (Å²) in [6, 6.07) is 9.73. The van der Waals surface area contributed by atoms with E-state index in [1.54, 1.807) is 0 Å². The molecule has 31 heavy (non-hydrogen) atoms. The lowest BCUT2D eigenvalue weighted by Gasteiger charge is -2.53. The summed E-state index contributed by atoms with van der Waals surface area (Å²) in [7, 11) is -1.08. The predicted octanol–water partition coefficient (Wildman–Crippen LogP) is 5.22. The van der Waals surface area contributed by atoms with E-state index >= 15 is 0 Å². The van der Waals surface area contributed by atoms with Gasteiger partial charge in [0.15, 0.2) is 5.78 Å². The van der Waals surface area contributed by atoms with Gasteiger partial charge >= 0.3 is 0 Å². The first-order valence-corrected chi connectivity index (χ1v) is 13.3. The van der Waals surface area contributed by atoms with Crippen LogP contribution in [0.5, 0.6) is 0 Å². The largest absolute Gasteiger partial charge is 0.389 e. The second-order valence-corrected chi connectivity index (χ2v) is 11.9. The van der Waals surface area contributed by atoms with Crippen molar-refractivity contribution in [2.75, 3.05) is 5.75 Å². The van der Waals surface area contributed by atoms with E-state index in [2.05, 4.69) is 6.92 Å². The molecule has 2 unspecified atom stereocenters. The van der Waals surface area contributed by atoms with Crippen LogP contribution < -0.4 is 0 Å². The van der Waals surface area contributed by atoms with E-state index in [-0.39, 0.29) is 5.41 Å². The van der Waals surface area contributed by atoms with Crippen molar-refractivity contribution in [3.8, 4) is 0 Å². The Bertz CT molecular complexity index is 960. The summed E-state index contributed by atoms with van der Waals surface area (Å²) < 4.78 is 13.1. The number of rotatable bonds is 4. The lowest BCUT2D eigenvalue weighted by molar-refractivity contribution is -0.116. The second-order valence-electron chi connectivity index (χ2n) is 10.5. The Morgan fingerprint density at radius 2 is 1.90 bits per heavy atom. The van der Waals surface area contributed by atoms with Crippen molar-refractivity contribution in [1.29, 1.82) is 0 Å². The van der Waals surface area contributed by atoms with Crippen LogP contribution >= 0.6 is 0 Å². The zero-order valence-corrected chi connectivity index (χ0v) is 19.5. The Morgan fingerprint density at radius 3 is 2.65 bits per heavy atom. The lowest BCUT2D eigenvalue weighted by Crippen LogP contribution is -2.46. The predicted molar refractivity (Wildman–Crippen MR) is 124 cm³/mol. The number of fused-ring (bicyclic) bond motifs is 5. The van der Waals surface area contributed by atoms with Gasteiger partial charge in [-0.05, 0) is 98.3 Å². The molecule has 0 bridgehead atoms. The van der Waals surface area contributed by atoms with Gasteiger partial charge in [0.05, 0.1) is 16.9 Å². The Morgan fingerprint density at radius 1 is 1.13 bits per heavy atom. The van der Waals surface area contributed by atoms with E-state index in [4.69, 9.17) is 0 Å². The van der Waals surface area contributed by atoms with Crippen LogP contribution in [0.4, 0.5) is 0 Å². The highest BCUT2D eigenvalue weighted by atomic mass is 32.2. The standard InChI is InChI=1S/C27H34O3S/c1-17(28)26-19(16-31(30)21-6-4-3-5-7-21)15-25-24-10-8-18-14-20(29)9-11-22(18)23(24)12-13-27(25,26)2/h3-7,14,17,22-25,28H,8-13,15-16H2,1-2H3/t17?,22-,23+,24+,25-,27-,31?/m0/s1. The molecule has 2 saturated carbocycles. The number of aliphatic hydroxyl groups excluding tert-OH is 1. The molecule has 0 amide bonds. The Kier molecular flexibility index (Phi) is 5.58. The number of benzene rings is 1. The molecule has 4 aliphatic rings. The minimum atomic E-state index is -1.08. The fourth-order valence-corrected chi connectivity index (χ4v) is 8.93. The number of allylic oxidation sites excluding steroid dienone is 2. The second kappa shape index (κ2) is 8.12. The Labute approximate surface area is 188 Å². The smallest absolute Gasteiger partial charge is 0.155 e. The lowest BCUT2D eigenvalue weighted by atomic mass is 9.51. The third-order valence-electron chi connectivity index (χ3n) is 8.88. The van der Waals surface area contributed by atoms with Crippen molar-refractivity contribution in [3.05, 3.63) is 53.1 Å². The minimum Gasteiger partial charge on any atom is -0.389 e. The zero-order chi connectivity index (χ0) is 21.8. The molecule has 0 radical (unpaired) electrons. The molecule has 0 aromatic heterocycles. The van der Waals surface area contributed by atoms with Gasteiger partial charge in [-0.3, -0.25) is 9.00 Å². The molecule has 166 valence electrons. The van der Waals surface area contributed by atoms with E-state index in [9.17, 15) is 14.1 Å². The first-order chi connectivity index (χ1) is 14.9. The van der Waals surface area contributed by atoms with E-state index in [1.165, 1.54) is 23.1 Å². The number of ketones is 1. The normalized spacial score (nSPS) is 36.9. The van der Waals surface area contributed by atoms with E-state index in [0.717, 1.165) is 37.0 Å². The van der Waals surface area contributed by atoms with Crippen molar-refractivity contribution in [3.63, 3.8) is 0 Å². The molecular weight excluding hydrogens is 404 g/mol. The topological polar surface area (TPSA) is 54.4 Å². The van der Waals surface area contributed by atoms with Crippen LogP contribution in [-0.4, -0.2) is 27.0 Å². The maximum atomic E-state index is 13.1. The van der Waals surface area contributed by atoms with Gasteiger partial charge in [-0.1, -0.05) is 36.3 Å². The van der Waals surface area contributed by atoms with Crippen LogP contribution in [0, 0.1) is 29.1 Å². The van der Waals surface area contributed by atoms with Gasteiger partial charge < -0.3 is 5.11 Å². The van der Waals surface area contributed by atoms with E-state index < -0.39 is 16.9 Å². The molecule has 0 saturated heterocycles. The van der Waals surface area contributed by atoms with Crippen molar-refractivity contribution >= 4 is 16.6 Å². The summed E-state index contributed by atoms with van der Waals surface area (Å²) >= 11 is 0. The van der Waals surface area contributed by atoms with Gasteiger partial charge in [-0.15, -0.1) is 0 Å². The average molecular weight is 439 g/mol. The van der Waals surface area contributed by atoms with E-state index in [1.807, 2.05) is 43.3 Å². The summed E-state index contributed by atoms with van der Waals surface area (Å²) in [5.41, 5.74) is 3.84. The number of carbonyl (C=O) groups excluding carboxylic acids is 1. The first kappa shape index (κ1) is 21.3. The van der Waals surface area contributed by atoms with Crippen molar-refractivity contribution in [2.45, 2.75) is 69.8 Å². The summed E-state index contributed by atoms with van der Waals surface area (Å²) in [6.07, 6.45) is 8.66. The molecule has 1 aromatic rings. The van der Waals surface area contributed by atoms with Crippen LogP contribution in [0.3, 0.4) is 0 Å². The van der Waals surface area contributed by atoms with Crippen LogP contribution in [0.15, 0.2) is 58.0 Å². The van der Waals surface area contributed by atoms with E-state index in [0.29, 0.717) is 41.6 Å². The molecule has 0 heterocycles. The number of hydrogen-bond donors (Lipinski definition) is 1. The number of aliphatic hydroxyl groups is 1. The molecule has 4 aliphatic carbocycles. The van der Waals surface area contributed by atoms with Gasteiger partial charge in [0, 0.05) is 17.1 Å². The van der Waals surface area contributed by atoms with Gasteiger partial charge in [-0.2, -0.15) is 0 Å². The molecular formula is C27H34O3S. The van der Waals surface area contributed by atoms with Gasteiger partial charge in [0.25, 0.3) is 0 Å². The van der Waals surface area contributed by atoms with Gasteiger partial charge in [-0.25, -0.2) is 0 Å². The molecule has 0 spiro atoms. The molecule has 0 aliphatic heterocycles. The highest BCUT2D eigenvalue weighted by molar-refractivity contribution is 7.85. The highest BCUT2D eigenvalue weighted by Gasteiger charge is 2.56.